The first-order chi connectivity index (χ1) is 17.6. The number of aromatic nitrogens is 4. The van der Waals surface area contributed by atoms with Gasteiger partial charge in [-0.2, -0.15) is 0 Å². The molecule has 1 fully saturated rings. The second-order valence-corrected chi connectivity index (χ2v) is 9.59. The van der Waals surface area contributed by atoms with Crippen LogP contribution in [0.15, 0.2) is 67.1 Å². The number of anilines is 2. The van der Waals surface area contributed by atoms with E-state index < -0.39 is 0 Å². The van der Waals surface area contributed by atoms with Crippen LogP contribution in [0.3, 0.4) is 0 Å². The minimum Gasteiger partial charge on any atom is -0.468 e. The fourth-order valence-electron chi connectivity index (χ4n) is 3.94. The molecule has 1 atom stereocenters. The van der Waals surface area contributed by atoms with E-state index in [1.807, 2.05) is 55.5 Å². The van der Waals surface area contributed by atoms with Gasteiger partial charge in [-0.25, -0.2) is 4.98 Å². The highest BCUT2D eigenvalue weighted by molar-refractivity contribution is 7.18. The molecule has 3 aromatic heterocycles. The Labute approximate surface area is 213 Å². The number of carbonyl (C=O) groups excluding carboxylic acids is 1. The molecular formula is C26H27N7O2S. The number of nitrogens with zero attached hydrogens (tertiary/aromatic N) is 6. The van der Waals surface area contributed by atoms with E-state index >= 15 is 0 Å². The van der Waals surface area contributed by atoms with Gasteiger partial charge in [0.1, 0.15) is 16.8 Å². The molecule has 0 saturated carbocycles. The van der Waals surface area contributed by atoms with Crippen LogP contribution < -0.4 is 15.0 Å². The van der Waals surface area contributed by atoms with Crippen LogP contribution in [0.2, 0.25) is 0 Å². The number of rotatable bonds is 7. The summed E-state index contributed by atoms with van der Waals surface area (Å²) in [4.78, 5) is 26.2. The van der Waals surface area contributed by atoms with E-state index in [-0.39, 0.29) is 12.0 Å². The van der Waals surface area contributed by atoms with E-state index in [0.717, 1.165) is 43.0 Å². The van der Waals surface area contributed by atoms with Gasteiger partial charge in [0, 0.05) is 50.3 Å². The van der Waals surface area contributed by atoms with E-state index in [4.69, 9.17) is 4.74 Å². The normalized spacial score (nSPS) is 14.9. The Morgan fingerprint density at radius 1 is 1.06 bits per heavy atom. The molecule has 1 N–H and O–H groups in total. The zero-order valence-corrected chi connectivity index (χ0v) is 21.0. The van der Waals surface area contributed by atoms with Crippen molar-refractivity contribution in [1.82, 2.24) is 25.1 Å². The number of hydrogen-bond acceptors (Lipinski definition) is 9. The van der Waals surface area contributed by atoms with Crippen molar-refractivity contribution in [2.45, 2.75) is 13.0 Å². The van der Waals surface area contributed by atoms with Crippen molar-refractivity contribution < 1.29 is 9.53 Å². The smallest absolute Gasteiger partial charge is 0.259 e. The van der Waals surface area contributed by atoms with Crippen molar-refractivity contribution in [3.63, 3.8) is 0 Å². The molecule has 0 unspecified atom stereocenters. The minimum atomic E-state index is -0.294. The molecule has 1 aliphatic heterocycles. The van der Waals surface area contributed by atoms with E-state index in [1.54, 1.807) is 18.6 Å². The highest BCUT2D eigenvalue weighted by atomic mass is 32.1. The van der Waals surface area contributed by atoms with Crippen LogP contribution in [0.1, 0.15) is 28.9 Å². The maximum atomic E-state index is 13.1. The van der Waals surface area contributed by atoms with Crippen LogP contribution in [0.5, 0.6) is 5.88 Å². The van der Waals surface area contributed by atoms with Gasteiger partial charge in [0.25, 0.3) is 5.91 Å². The van der Waals surface area contributed by atoms with E-state index in [1.165, 1.54) is 11.3 Å². The third-order valence-corrected chi connectivity index (χ3v) is 6.96. The van der Waals surface area contributed by atoms with Crippen molar-refractivity contribution >= 4 is 28.1 Å². The minimum absolute atomic E-state index is 0.183. The third kappa shape index (κ3) is 5.50. The molecule has 1 amide bonds. The van der Waals surface area contributed by atoms with Crippen LogP contribution in [-0.4, -0.2) is 64.2 Å². The fourth-order valence-corrected chi connectivity index (χ4v) is 4.69. The van der Waals surface area contributed by atoms with Gasteiger partial charge in [-0.3, -0.25) is 15.1 Å². The van der Waals surface area contributed by atoms with Gasteiger partial charge in [-0.15, -0.1) is 10.2 Å². The predicted octanol–water partition coefficient (Wildman–Crippen LogP) is 4.14. The summed E-state index contributed by atoms with van der Waals surface area (Å²) in [6, 6.07) is 15.6. The quantitative estimate of drug-likeness (QED) is 0.404. The summed E-state index contributed by atoms with van der Waals surface area (Å²) in [5.74, 6) is 0.223. The lowest BCUT2D eigenvalue weighted by Crippen LogP contribution is -2.44. The Morgan fingerprint density at radius 3 is 2.56 bits per heavy atom. The van der Waals surface area contributed by atoms with Crippen LogP contribution in [0, 0.1) is 0 Å². The highest BCUT2D eigenvalue weighted by Gasteiger charge is 2.23. The molecule has 5 rings (SSSR count). The molecule has 1 aliphatic rings. The van der Waals surface area contributed by atoms with Gasteiger partial charge in [0.05, 0.1) is 5.56 Å². The standard InChI is InChI=1S/C26H27N7O2S/c1-18(19-6-4-3-5-7-19)35-24-22(33-14-12-32(2)13-15-33)16-21(17-28-24)23(34)29-26-31-30-25(36-26)20-8-10-27-11-9-20/h3-11,16-18H,12-15H2,1-2H3,(H,29,31,34)/t18-/m0/s1. The predicted molar refractivity (Wildman–Crippen MR) is 141 cm³/mol. The molecule has 0 spiro atoms. The first-order valence-corrected chi connectivity index (χ1v) is 12.6. The molecule has 1 aromatic carbocycles. The van der Waals surface area contributed by atoms with E-state index in [2.05, 4.69) is 42.3 Å². The van der Waals surface area contributed by atoms with Gasteiger partial charge in [-0.1, -0.05) is 41.7 Å². The first kappa shape index (κ1) is 23.8. The molecule has 0 bridgehead atoms. The molecule has 184 valence electrons. The maximum Gasteiger partial charge on any atom is 0.259 e. The second-order valence-electron chi connectivity index (χ2n) is 8.61. The molecular weight excluding hydrogens is 474 g/mol. The lowest BCUT2D eigenvalue weighted by atomic mass is 10.1. The van der Waals surface area contributed by atoms with E-state index in [9.17, 15) is 4.79 Å². The zero-order chi connectivity index (χ0) is 24.9. The Hall–Kier alpha value is -3.89. The Morgan fingerprint density at radius 2 is 1.81 bits per heavy atom. The van der Waals surface area contributed by atoms with Crippen LogP contribution >= 0.6 is 11.3 Å². The summed E-state index contributed by atoms with van der Waals surface area (Å²) >= 11 is 1.31. The lowest BCUT2D eigenvalue weighted by molar-refractivity contribution is 0.102. The molecule has 0 radical (unpaired) electrons. The molecule has 10 heteroatoms. The van der Waals surface area contributed by atoms with Crippen molar-refractivity contribution in [1.29, 1.82) is 0 Å². The summed E-state index contributed by atoms with van der Waals surface area (Å²) in [6.07, 6.45) is 4.76. The number of pyridine rings is 2. The number of hydrogen-bond donors (Lipinski definition) is 1. The average Bonchev–Trinajstić information content (AvgIpc) is 3.39. The maximum absolute atomic E-state index is 13.1. The average molecular weight is 502 g/mol. The number of ether oxygens (including phenoxy) is 1. The second kappa shape index (κ2) is 10.8. The monoisotopic (exact) mass is 501 g/mol. The summed E-state index contributed by atoms with van der Waals surface area (Å²) in [5, 5.41) is 12.3. The number of likely N-dealkylation sites (N-methyl/N-ethyl adjacent to an activating group) is 1. The van der Waals surface area contributed by atoms with Crippen molar-refractivity contribution in [2.24, 2.45) is 0 Å². The lowest BCUT2D eigenvalue weighted by Gasteiger charge is -2.35. The van der Waals surface area contributed by atoms with Gasteiger partial charge in [0.15, 0.2) is 0 Å². The van der Waals surface area contributed by atoms with Gasteiger partial charge in [0.2, 0.25) is 11.0 Å². The van der Waals surface area contributed by atoms with Gasteiger partial charge in [-0.05, 0) is 37.7 Å². The van der Waals surface area contributed by atoms with Crippen LogP contribution in [0.25, 0.3) is 10.6 Å². The van der Waals surface area contributed by atoms with Crippen molar-refractivity contribution in [3.05, 3.63) is 78.2 Å². The Bertz CT molecular complexity index is 1310. The number of benzene rings is 1. The summed E-state index contributed by atoms with van der Waals surface area (Å²) in [6.45, 7) is 5.50. The molecule has 4 heterocycles. The van der Waals surface area contributed by atoms with Crippen molar-refractivity contribution in [2.75, 3.05) is 43.4 Å². The molecule has 0 aliphatic carbocycles. The summed E-state index contributed by atoms with van der Waals surface area (Å²) < 4.78 is 6.29. The number of nitrogens with one attached hydrogen (secondary N) is 1. The number of carbonyl (C=O) groups is 1. The SMILES string of the molecule is C[C@H](Oc1ncc(C(=O)Nc2nnc(-c3ccncc3)s2)cc1N1CCN(C)CC1)c1ccccc1. The first-order valence-electron chi connectivity index (χ1n) is 11.8. The number of piperazine rings is 1. The third-order valence-electron chi connectivity index (χ3n) is 6.07. The van der Waals surface area contributed by atoms with Crippen LogP contribution in [-0.2, 0) is 0 Å². The summed E-state index contributed by atoms with van der Waals surface area (Å²) in [7, 11) is 2.11. The van der Waals surface area contributed by atoms with Gasteiger partial charge >= 0.3 is 0 Å². The van der Waals surface area contributed by atoms with Crippen LogP contribution in [0.4, 0.5) is 10.8 Å². The molecule has 4 aromatic rings. The summed E-state index contributed by atoms with van der Waals surface area (Å²) in [5.41, 5.74) is 3.21. The van der Waals surface area contributed by atoms with Crippen molar-refractivity contribution in [3.8, 4) is 16.5 Å². The molecule has 9 nitrogen and oxygen atoms in total. The largest absolute Gasteiger partial charge is 0.468 e. The Balaban J connectivity index is 1.37. The Kier molecular flexibility index (Phi) is 7.15. The van der Waals surface area contributed by atoms with E-state index in [0.29, 0.717) is 21.6 Å². The highest BCUT2D eigenvalue weighted by Crippen LogP contribution is 2.32. The molecule has 1 saturated heterocycles. The molecule has 36 heavy (non-hydrogen) atoms. The fraction of sp³-hybridized carbons (Fsp3) is 0.269. The zero-order valence-electron chi connectivity index (χ0n) is 20.2. The number of amides is 1. The topological polar surface area (TPSA) is 96.4 Å². The van der Waals surface area contributed by atoms with Gasteiger partial charge < -0.3 is 14.5 Å².